The van der Waals surface area contributed by atoms with Crippen molar-refractivity contribution in [1.82, 2.24) is 15.2 Å². The van der Waals surface area contributed by atoms with Crippen molar-refractivity contribution in [2.24, 2.45) is 17.8 Å². The maximum Gasteiger partial charge on any atom is 0.417 e. The number of rotatable bonds is 5. The fourth-order valence-corrected chi connectivity index (χ4v) is 5.38. The first-order chi connectivity index (χ1) is 17.2. The zero-order valence-corrected chi connectivity index (χ0v) is 20.0. The van der Waals surface area contributed by atoms with Gasteiger partial charge in [-0.15, -0.1) is 0 Å². The molecule has 0 saturated carbocycles. The Morgan fingerprint density at radius 3 is 2.44 bits per heavy atom. The maximum atomic E-state index is 13.4. The van der Waals surface area contributed by atoms with Crippen LogP contribution in [-0.4, -0.2) is 54.4 Å². The van der Waals surface area contributed by atoms with Gasteiger partial charge in [0, 0.05) is 56.4 Å². The number of aromatic nitrogens is 1. The Kier molecular flexibility index (Phi) is 7.48. The summed E-state index contributed by atoms with van der Waals surface area (Å²) in [7, 11) is 0. The summed E-state index contributed by atoms with van der Waals surface area (Å²) in [5.74, 6) is -0.416. The van der Waals surface area contributed by atoms with E-state index in [0.717, 1.165) is 6.07 Å². The smallest absolute Gasteiger partial charge is 0.372 e. The summed E-state index contributed by atoms with van der Waals surface area (Å²) in [6.45, 7) is 4.22. The van der Waals surface area contributed by atoms with Crippen molar-refractivity contribution in [3.05, 3.63) is 59.4 Å². The number of benzene rings is 1. The summed E-state index contributed by atoms with van der Waals surface area (Å²) in [5, 5.41) is 11.9. The Labute approximate surface area is 207 Å². The number of pyridine rings is 1. The van der Waals surface area contributed by atoms with Crippen LogP contribution in [0, 0.1) is 29.1 Å². The third-order valence-corrected chi connectivity index (χ3v) is 7.21. The minimum Gasteiger partial charge on any atom is -0.372 e. The summed E-state index contributed by atoms with van der Waals surface area (Å²) in [6, 6.07) is 8.74. The quantitative estimate of drug-likeness (QED) is 0.678. The number of hydrogen-bond donors (Lipinski definition) is 1. The van der Waals surface area contributed by atoms with Crippen LogP contribution in [0.1, 0.15) is 41.3 Å². The molecule has 3 heterocycles. The lowest BCUT2D eigenvalue weighted by Gasteiger charge is -2.37. The summed E-state index contributed by atoms with van der Waals surface area (Å²) in [6.07, 6.45) is -0.0946. The summed E-state index contributed by atoms with van der Waals surface area (Å²) in [5.41, 5.74) is -0.366. The standard InChI is InChI=1S/C26H28F3N5O2/c1-2-32-24(35)22-16-34(25(36)18-5-9-31-10-6-18)15-21(22)17-7-11-33(12-8-17)20-4-3-19(14-30)23(13-20)26(27,28)29/h3-6,9-10,13,17,21-22H,2,7-8,11-12,15-16H2,1H3,(H,32,35). The molecule has 2 amide bonds. The summed E-state index contributed by atoms with van der Waals surface area (Å²) >= 11 is 0. The molecule has 0 bridgehead atoms. The van der Waals surface area contributed by atoms with Gasteiger partial charge >= 0.3 is 6.18 Å². The van der Waals surface area contributed by atoms with Gasteiger partial charge in [-0.1, -0.05) is 0 Å². The molecule has 2 aliphatic heterocycles. The molecule has 0 radical (unpaired) electrons. The number of piperidine rings is 1. The number of nitriles is 1. The van der Waals surface area contributed by atoms with Gasteiger partial charge < -0.3 is 15.1 Å². The number of anilines is 1. The van der Waals surface area contributed by atoms with Gasteiger partial charge in [0.2, 0.25) is 5.91 Å². The average Bonchev–Trinajstić information content (AvgIpc) is 3.34. The van der Waals surface area contributed by atoms with E-state index in [2.05, 4.69) is 10.3 Å². The molecule has 2 aliphatic rings. The Hall–Kier alpha value is -3.61. The van der Waals surface area contributed by atoms with Crippen LogP contribution in [0.2, 0.25) is 0 Å². The molecule has 36 heavy (non-hydrogen) atoms. The number of amides is 2. The second-order valence-electron chi connectivity index (χ2n) is 9.27. The van der Waals surface area contributed by atoms with E-state index in [1.54, 1.807) is 41.6 Å². The molecule has 2 atom stereocenters. The molecule has 4 rings (SSSR count). The summed E-state index contributed by atoms with van der Waals surface area (Å²) in [4.78, 5) is 33.5. The molecule has 2 fully saturated rings. The number of nitrogens with one attached hydrogen (secondary N) is 1. The predicted octanol–water partition coefficient (Wildman–Crippen LogP) is 3.71. The molecular weight excluding hydrogens is 471 g/mol. The minimum atomic E-state index is -4.60. The number of halogens is 3. The molecular formula is C26H28F3N5O2. The monoisotopic (exact) mass is 499 g/mol. The van der Waals surface area contributed by atoms with Crippen molar-refractivity contribution in [2.45, 2.75) is 25.9 Å². The molecule has 1 aromatic carbocycles. The Morgan fingerprint density at radius 2 is 1.83 bits per heavy atom. The molecule has 0 aliphatic carbocycles. The highest BCUT2D eigenvalue weighted by atomic mass is 19.4. The van der Waals surface area contributed by atoms with Crippen LogP contribution in [-0.2, 0) is 11.0 Å². The van der Waals surface area contributed by atoms with Crippen LogP contribution in [0.5, 0.6) is 0 Å². The molecule has 2 aromatic rings. The fourth-order valence-electron chi connectivity index (χ4n) is 5.38. The van der Waals surface area contributed by atoms with Crippen molar-refractivity contribution in [3.63, 3.8) is 0 Å². The van der Waals surface area contributed by atoms with Crippen molar-refractivity contribution in [2.75, 3.05) is 37.6 Å². The molecule has 1 N–H and O–H groups in total. The SMILES string of the molecule is CCNC(=O)C1CN(C(=O)c2ccncc2)CC1C1CCN(c2ccc(C#N)c(C(F)(F)F)c2)CC1. The Bertz CT molecular complexity index is 1140. The van der Waals surface area contributed by atoms with Gasteiger partial charge in [0.05, 0.1) is 23.1 Å². The Morgan fingerprint density at radius 1 is 1.14 bits per heavy atom. The third-order valence-electron chi connectivity index (χ3n) is 7.21. The lowest BCUT2D eigenvalue weighted by molar-refractivity contribution is -0.137. The third kappa shape index (κ3) is 5.30. The second kappa shape index (κ2) is 10.6. The van der Waals surface area contributed by atoms with Crippen LogP contribution in [0.3, 0.4) is 0 Å². The summed E-state index contributed by atoms with van der Waals surface area (Å²) < 4.78 is 40.2. The van der Waals surface area contributed by atoms with Gasteiger partial charge in [0.1, 0.15) is 0 Å². The lowest BCUT2D eigenvalue weighted by Crippen LogP contribution is -2.41. The normalized spacial score (nSPS) is 20.8. The number of hydrogen-bond acceptors (Lipinski definition) is 5. The first-order valence-corrected chi connectivity index (χ1v) is 12.1. The fraction of sp³-hybridized carbons (Fsp3) is 0.462. The van der Waals surface area contributed by atoms with Gasteiger partial charge in [-0.3, -0.25) is 14.6 Å². The van der Waals surface area contributed by atoms with Crippen molar-refractivity contribution in [3.8, 4) is 6.07 Å². The van der Waals surface area contributed by atoms with E-state index in [1.807, 2.05) is 11.8 Å². The number of nitrogens with zero attached hydrogens (tertiary/aromatic N) is 4. The van der Waals surface area contributed by atoms with Gasteiger partial charge in [0.25, 0.3) is 5.91 Å². The zero-order chi connectivity index (χ0) is 25.9. The Balaban J connectivity index is 1.48. The first kappa shape index (κ1) is 25.5. The van der Waals surface area contributed by atoms with Gasteiger partial charge in [0.15, 0.2) is 0 Å². The van der Waals surface area contributed by atoms with Gasteiger partial charge in [-0.25, -0.2) is 0 Å². The molecule has 2 unspecified atom stereocenters. The van der Waals surface area contributed by atoms with Crippen molar-refractivity contribution < 1.29 is 22.8 Å². The van der Waals surface area contributed by atoms with E-state index in [4.69, 9.17) is 5.26 Å². The highest BCUT2D eigenvalue weighted by Crippen LogP contribution is 2.39. The topological polar surface area (TPSA) is 89.3 Å². The van der Waals surface area contributed by atoms with Gasteiger partial charge in [-0.2, -0.15) is 18.4 Å². The van der Waals surface area contributed by atoms with Crippen LogP contribution >= 0.6 is 0 Å². The van der Waals surface area contributed by atoms with E-state index < -0.39 is 17.3 Å². The van der Waals surface area contributed by atoms with E-state index in [-0.39, 0.29) is 29.6 Å². The van der Waals surface area contributed by atoms with Gasteiger partial charge in [-0.05, 0) is 61.9 Å². The first-order valence-electron chi connectivity index (χ1n) is 12.1. The van der Waals surface area contributed by atoms with Crippen molar-refractivity contribution >= 4 is 17.5 Å². The van der Waals surface area contributed by atoms with Crippen LogP contribution in [0.4, 0.5) is 18.9 Å². The lowest BCUT2D eigenvalue weighted by atomic mass is 9.78. The van der Waals surface area contributed by atoms with E-state index in [0.29, 0.717) is 56.8 Å². The van der Waals surface area contributed by atoms with Crippen LogP contribution in [0.25, 0.3) is 0 Å². The molecule has 7 nitrogen and oxygen atoms in total. The van der Waals surface area contributed by atoms with Crippen LogP contribution < -0.4 is 10.2 Å². The number of carbonyl (C=O) groups excluding carboxylic acids is 2. The maximum absolute atomic E-state index is 13.4. The molecule has 10 heteroatoms. The van der Waals surface area contributed by atoms with E-state index in [9.17, 15) is 22.8 Å². The largest absolute Gasteiger partial charge is 0.417 e. The number of carbonyl (C=O) groups is 2. The minimum absolute atomic E-state index is 0.0313. The molecule has 0 spiro atoms. The average molecular weight is 500 g/mol. The van der Waals surface area contributed by atoms with E-state index >= 15 is 0 Å². The molecule has 1 aromatic heterocycles. The second-order valence-corrected chi connectivity index (χ2v) is 9.27. The van der Waals surface area contributed by atoms with E-state index in [1.165, 1.54) is 6.07 Å². The highest BCUT2D eigenvalue weighted by molar-refractivity contribution is 5.95. The molecule has 190 valence electrons. The number of likely N-dealkylation sites (tertiary alicyclic amines) is 1. The zero-order valence-electron chi connectivity index (χ0n) is 20.0. The predicted molar refractivity (Wildman–Crippen MR) is 127 cm³/mol. The van der Waals surface area contributed by atoms with Crippen molar-refractivity contribution in [1.29, 1.82) is 5.26 Å². The highest BCUT2D eigenvalue weighted by Gasteiger charge is 2.44. The van der Waals surface area contributed by atoms with Crippen LogP contribution in [0.15, 0.2) is 42.7 Å². The number of alkyl halides is 3. The molecule has 2 saturated heterocycles.